The molecular formula is C15H19NO4. The summed E-state index contributed by atoms with van der Waals surface area (Å²) in [6.07, 6.45) is 2.18. The Bertz CT molecular complexity index is 499. The lowest BCUT2D eigenvalue weighted by molar-refractivity contribution is -0.140. The average molecular weight is 277 g/mol. The van der Waals surface area contributed by atoms with E-state index in [9.17, 15) is 9.59 Å². The van der Waals surface area contributed by atoms with Gasteiger partial charge in [-0.3, -0.25) is 9.59 Å². The highest BCUT2D eigenvalue weighted by Gasteiger charge is 2.13. The normalized spacial score (nSPS) is 12.4. The zero-order chi connectivity index (χ0) is 14.4. The predicted molar refractivity (Wildman–Crippen MR) is 73.6 cm³/mol. The molecular weight excluding hydrogens is 258 g/mol. The fourth-order valence-electron chi connectivity index (χ4n) is 2.16. The summed E-state index contributed by atoms with van der Waals surface area (Å²) in [6, 6.07) is 5.86. The SMILES string of the molecule is COC(=O)CCCNC(=O)Cc1ccc2c(c1)CCO2. The second-order valence-corrected chi connectivity index (χ2v) is 4.75. The summed E-state index contributed by atoms with van der Waals surface area (Å²) < 4.78 is 9.96. The van der Waals surface area contributed by atoms with E-state index in [1.165, 1.54) is 12.7 Å². The molecule has 0 aromatic heterocycles. The van der Waals surface area contributed by atoms with Crippen molar-refractivity contribution < 1.29 is 19.1 Å². The number of carbonyl (C=O) groups is 2. The molecule has 1 heterocycles. The molecule has 0 bridgehead atoms. The van der Waals surface area contributed by atoms with E-state index < -0.39 is 0 Å². The van der Waals surface area contributed by atoms with Crippen molar-refractivity contribution in [1.29, 1.82) is 0 Å². The number of nitrogens with one attached hydrogen (secondary N) is 1. The summed E-state index contributed by atoms with van der Waals surface area (Å²) in [4.78, 5) is 22.7. The fraction of sp³-hybridized carbons (Fsp3) is 0.467. The van der Waals surface area contributed by atoms with E-state index >= 15 is 0 Å². The van der Waals surface area contributed by atoms with E-state index in [1.54, 1.807) is 0 Å². The first-order chi connectivity index (χ1) is 9.69. The number of ether oxygens (including phenoxy) is 2. The molecule has 0 saturated heterocycles. The predicted octanol–water partition coefficient (Wildman–Crippen LogP) is 1.23. The van der Waals surface area contributed by atoms with Crippen LogP contribution in [-0.2, 0) is 27.2 Å². The van der Waals surface area contributed by atoms with E-state index in [0.29, 0.717) is 25.8 Å². The van der Waals surface area contributed by atoms with Gasteiger partial charge in [-0.1, -0.05) is 12.1 Å². The topological polar surface area (TPSA) is 64.6 Å². The van der Waals surface area contributed by atoms with Crippen molar-refractivity contribution in [3.05, 3.63) is 29.3 Å². The third-order valence-electron chi connectivity index (χ3n) is 3.23. The molecule has 0 radical (unpaired) electrons. The average Bonchev–Trinajstić information content (AvgIpc) is 2.90. The molecule has 0 aliphatic carbocycles. The van der Waals surface area contributed by atoms with Crippen molar-refractivity contribution in [2.24, 2.45) is 0 Å². The molecule has 0 saturated carbocycles. The summed E-state index contributed by atoms with van der Waals surface area (Å²) in [5.74, 6) is 0.638. The molecule has 1 aliphatic heterocycles. The maximum atomic E-state index is 11.8. The summed E-state index contributed by atoms with van der Waals surface area (Å²) >= 11 is 0. The maximum Gasteiger partial charge on any atom is 0.305 e. The van der Waals surface area contributed by atoms with Crippen molar-refractivity contribution in [1.82, 2.24) is 5.32 Å². The quantitative estimate of drug-likeness (QED) is 0.627. The van der Waals surface area contributed by atoms with Gasteiger partial charge in [0.15, 0.2) is 0 Å². The molecule has 20 heavy (non-hydrogen) atoms. The number of benzene rings is 1. The van der Waals surface area contributed by atoms with E-state index in [0.717, 1.165) is 24.3 Å². The molecule has 5 heteroatoms. The van der Waals surface area contributed by atoms with E-state index in [1.807, 2.05) is 18.2 Å². The Morgan fingerprint density at radius 2 is 2.25 bits per heavy atom. The Morgan fingerprint density at radius 3 is 3.05 bits per heavy atom. The largest absolute Gasteiger partial charge is 0.493 e. The van der Waals surface area contributed by atoms with Crippen LogP contribution in [0.25, 0.3) is 0 Å². The molecule has 0 fully saturated rings. The zero-order valence-electron chi connectivity index (χ0n) is 11.6. The lowest BCUT2D eigenvalue weighted by atomic mass is 10.1. The lowest BCUT2D eigenvalue weighted by Crippen LogP contribution is -2.26. The summed E-state index contributed by atoms with van der Waals surface area (Å²) in [6.45, 7) is 1.21. The van der Waals surface area contributed by atoms with Crippen LogP contribution < -0.4 is 10.1 Å². The number of esters is 1. The van der Waals surface area contributed by atoms with Gasteiger partial charge in [0.2, 0.25) is 5.91 Å². The molecule has 1 N–H and O–H groups in total. The Balaban J connectivity index is 1.73. The number of fused-ring (bicyclic) bond motifs is 1. The third kappa shape index (κ3) is 3.98. The van der Waals surface area contributed by atoms with Crippen molar-refractivity contribution in [3.63, 3.8) is 0 Å². The van der Waals surface area contributed by atoms with Crippen LogP contribution in [0.5, 0.6) is 5.75 Å². The smallest absolute Gasteiger partial charge is 0.305 e. The molecule has 0 spiro atoms. The number of carbonyl (C=O) groups excluding carboxylic acids is 2. The van der Waals surface area contributed by atoms with Crippen LogP contribution in [0.3, 0.4) is 0 Å². The van der Waals surface area contributed by atoms with Gasteiger partial charge in [-0.15, -0.1) is 0 Å². The highest BCUT2D eigenvalue weighted by Crippen LogP contribution is 2.25. The fourth-order valence-corrected chi connectivity index (χ4v) is 2.16. The molecule has 1 amide bonds. The molecule has 0 unspecified atom stereocenters. The lowest BCUT2D eigenvalue weighted by Gasteiger charge is -2.06. The number of rotatable bonds is 6. The molecule has 108 valence electrons. The van der Waals surface area contributed by atoms with Gasteiger partial charge in [-0.2, -0.15) is 0 Å². The van der Waals surface area contributed by atoms with Gasteiger partial charge >= 0.3 is 5.97 Å². The van der Waals surface area contributed by atoms with Gasteiger partial charge in [-0.05, 0) is 23.6 Å². The second-order valence-electron chi connectivity index (χ2n) is 4.75. The molecule has 5 nitrogen and oxygen atoms in total. The molecule has 1 aliphatic rings. The minimum absolute atomic E-state index is 0.0336. The Morgan fingerprint density at radius 1 is 1.40 bits per heavy atom. The molecule has 1 aromatic rings. The van der Waals surface area contributed by atoms with Gasteiger partial charge in [0, 0.05) is 19.4 Å². The number of methoxy groups -OCH3 is 1. The monoisotopic (exact) mass is 277 g/mol. The molecule has 2 rings (SSSR count). The van der Waals surface area contributed by atoms with Crippen LogP contribution in [0.1, 0.15) is 24.0 Å². The van der Waals surface area contributed by atoms with Crippen molar-refractivity contribution in [2.75, 3.05) is 20.3 Å². The molecule has 0 atom stereocenters. The van der Waals surface area contributed by atoms with E-state index in [2.05, 4.69) is 10.1 Å². The number of hydrogen-bond donors (Lipinski definition) is 1. The van der Waals surface area contributed by atoms with Gasteiger partial charge in [0.05, 0.1) is 20.1 Å². The first-order valence-electron chi connectivity index (χ1n) is 6.77. The highest BCUT2D eigenvalue weighted by atomic mass is 16.5. The summed E-state index contributed by atoms with van der Waals surface area (Å²) in [5, 5.41) is 2.80. The minimum Gasteiger partial charge on any atom is -0.493 e. The van der Waals surface area contributed by atoms with Crippen molar-refractivity contribution in [3.8, 4) is 5.75 Å². The van der Waals surface area contributed by atoms with Gasteiger partial charge in [0.25, 0.3) is 0 Å². The number of amides is 1. The third-order valence-corrected chi connectivity index (χ3v) is 3.23. The zero-order valence-corrected chi connectivity index (χ0v) is 11.6. The number of hydrogen-bond acceptors (Lipinski definition) is 4. The Kier molecular flexibility index (Phi) is 4.98. The van der Waals surface area contributed by atoms with Gasteiger partial charge < -0.3 is 14.8 Å². The standard InChI is InChI=1S/C15H19NO4/c1-19-15(18)3-2-7-16-14(17)10-11-4-5-13-12(9-11)6-8-20-13/h4-5,9H,2-3,6-8,10H2,1H3,(H,16,17). The second kappa shape index (κ2) is 6.93. The van der Waals surface area contributed by atoms with Crippen LogP contribution in [0.15, 0.2) is 18.2 Å². The minimum atomic E-state index is -0.252. The first-order valence-corrected chi connectivity index (χ1v) is 6.77. The Labute approximate surface area is 118 Å². The van der Waals surface area contributed by atoms with Crippen molar-refractivity contribution in [2.45, 2.75) is 25.7 Å². The summed E-state index contributed by atoms with van der Waals surface area (Å²) in [7, 11) is 1.36. The van der Waals surface area contributed by atoms with Crippen LogP contribution in [0.4, 0.5) is 0 Å². The highest BCUT2D eigenvalue weighted by molar-refractivity contribution is 5.78. The van der Waals surface area contributed by atoms with Crippen LogP contribution in [0, 0.1) is 0 Å². The maximum absolute atomic E-state index is 11.8. The summed E-state index contributed by atoms with van der Waals surface area (Å²) in [5.41, 5.74) is 2.15. The van der Waals surface area contributed by atoms with Crippen LogP contribution in [0.2, 0.25) is 0 Å². The van der Waals surface area contributed by atoms with Gasteiger partial charge in [0.1, 0.15) is 5.75 Å². The van der Waals surface area contributed by atoms with E-state index in [-0.39, 0.29) is 11.9 Å². The van der Waals surface area contributed by atoms with Crippen LogP contribution >= 0.6 is 0 Å². The first kappa shape index (κ1) is 14.4. The van der Waals surface area contributed by atoms with Crippen molar-refractivity contribution >= 4 is 11.9 Å². The molecule has 1 aromatic carbocycles. The van der Waals surface area contributed by atoms with Crippen LogP contribution in [-0.4, -0.2) is 32.1 Å². The Hall–Kier alpha value is -2.04. The van der Waals surface area contributed by atoms with Gasteiger partial charge in [-0.25, -0.2) is 0 Å². The van der Waals surface area contributed by atoms with E-state index in [4.69, 9.17) is 4.74 Å².